The Labute approximate surface area is 75.8 Å². The van der Waals surface area contributed by atoms with Gasteiger partial charge in [-0.25, -0.2) is 4.68 Å². The largest absolute Gasteiger partial charge is 0.362 e. The van der Waals surface area contributed by atoms with Crippen LogP contribution in [-0.4, -0.2) is 15.9 Å². The predicted molar refractivity (Wildman–Crippen MR) is 50.9 cm³/mol. The van der Waals surface area contributed by atoms with Gasteiger partial charge in [-0.2, -0.15) is 5.10 Å². The third kappa shape index (κ3) is 1.07. The number of hydrogen-bond acceptors (Lipinski definition) is 4. The lowest BCUT2D eigenvalue weighted by Crippen LogP contribution is -2.23. The average Bonchev–Trinajstić information content (AvgIpc) is 2.44. The molecular formula is C8H12N4O. The minimum atomic E-state index is -0.0857. The Morgan fingerprint density at radius 3 is 2.69 bits per heavy atom. The van der Waals surface area contributed by atoms with E-state index in [-0.39, 0.29) is 11.7 Å². The molecule has 0 saturated carbocycles. The van der Waals surface area contributed by atoms with Crippen LogP contribution in [-0.2, 0) is 7.05 Å². The van der Waals surface area contributed by atoms with Gasteiger partial charge in [-0.3, -0.25) is 4.79 Å². The molecule has 0 fully saturated rings. The Balaban J connectivity index is 2.69. The second-order valence-electron chi connectivity index (χ2n) is 3.27. The van der Waals surface area contributed by atoms with Crippen LogP contribution >= 0.6 is 0 Å². The summed E-state index contributed by atoms with van der Waals surface area (Å²) in [4.78, 5) is 11.6. The van der Waals surface area contributed by atoms with E-state index in [1.54, 1.807) is 7.05 Å². The van der Waals surface area contributed by atoms with E-state index in [0.29, 0.717) is 5.69 Å². The zero-order chi connectivity index (χ0) is 9.59. The number of nitrogens with one attached hydrogen (secondary N) is 2. The van der Waals surface area contributed by atoms with Crippen molar-refractivity contribution in [2.75, 3.05) is 10.6 Å². The second kappa shape index (κ2) is 2.48. The average molecular weight is 180 g/mol. The fourth-order valence-electron chi connectivity index (χ4n) is 1.55. The Hall–Kier alpha value is -1.52. The van der Waals surface area contributed by atoms with E-state index in [2.05, 4.69) is 15.7 Å². The number of aryl methyl sites for hydroxylation is 2. The molecule has 0 aromatic carbocycles. The molecule has 5 heteroatoms. The number of aromatic nitrogens is 2. The lowest BCUT2D eigenvalue weighted by molar-refractivity contribution is 0.698. The van der Waals surface area contributed by atoms with Crippen LogP contribution in [0, 0.1) is 6.92 Å². The summed E-state index contributed by atoms with van der Waals surface area (Å²) in [5.74, 6) is 0. The maximum Gasteiger partial charge on any atom is 0.292 e. The number of hydrogen-bond donors (Lipinski definition) is 2. The molecule has 2 rings (SSSR count). The van der Waals surface area contributed by atoms with Gasteiger partial charge in [-0.1, -0.05) is 0 Å². The molecule has 1 unspecified atom stereocenters. The molecule has 70 valence electrons. The summed E-state index contributed by atoms with van der Waals surface area (Å²) in [6.45, 7) is 3.84. The highest BCUT2D eigenvalue weighted by Gasteiger charge is 2.22. The fraction of sp³-hybridized carbons (Fsp3) is 0.500. The first-order valence-corrected chi connectivity index (χ1v) is 4.20. The molecule has 0 bridgehead atoms. The van der Waals surface area contributed by atoms with Crippen molar-refractivity contribution in [3.63, 3.8) is 0 Å². The molecule has 1 aromatic rings. The van der Waals surface area contributed by atoms with Gasteiger partial charge in [-0.15, -0.1) is 0 Å². The van der Waals surface area contributed by atoms with Crippen LogP contribution in [0.1, 0.15) is 12.6 Å². The molecule has 0 amide bonds. The van der Waals surface area contributed by atoms with Crippen molar-refractivity contribution < 1.29 is 0 Å². The standard InChI is InChI=1S/C8H12N4O/c1-4-6-7(10-5(2)9-6)8(13)12(3)11-4/h5,9-10H,1-3H3. The van der Waals surface area contributed by atoms with E-state index in [9.17, 15) is 4.79 Å². The highest BCUT2D eigenvalue weighted by atomic mass is 16.1. The summed E-state index contributed by atoms with van der Waals surface area (Å²) in [5, 5.41) is 10.3. The van der Waals surface area contributed by atoms with Crippen LogP contribution < -0.4 is 16.2 Å². The van der Waals surface area contributed by atoms with Gasteiger partial charge in [0.1, 0.15) is 5.69 Å². The van der Waals surface area contributed by atoms with E-state index in [0.717, 1.165) is 11.4 Å². The zero-order valence-electron chi connectivity index (χ0n) is 7.88. The number of nitrogens with zero attached hydrogens (tertiary/aromatic N) is 2. The van der Waals surface area contributed by atoms with Gasteiger partial charge in [0.15, 0.2) is 0 Å². The van der Waals surface area contributed by atoms with E-state index >= 15 is 0 Å². The predicted octanol–water partition coefficient (Wildman–Crippen LogP) is 0.272. The monoisotopic (exact) mass is 180 g/mol. The third-order valence-electron chi connectivity index (χ3n) is 2.14. The topological polar surface area (TPSA) is 59.0 Å². The van der Waals surface area contributed by atoms with Crippen molar-refractivity contribution in [2.45, 2.75) is 20.0 Å². The summed E-state index contributed by atoms with van der Waals surface area (Å²) in [6.07, 6.45) is 0.102. The first kappa shape index (κ1) is 8.10. The van der Waals surface area contributed by atoms with Crippen molar-refractivity contribution in [1.29, 1.82) is 0 Å². The lowest BCUT2D eigenvalue weighted by Gasteiger charge is -2.04. The lowest BCUT2D eigenvalue weighted by atomic mass is 10.3. The van der Waals surface area contributed by atoms with E-state index in [1.165, 1.54) is 4.68 Å². The Bertz CT molecular complexity index is 409. The molecule has 1 atom stereocenters. The normalized spacial score (nSPS) is 19.2. The first-order chi connectivity index (χ1) is 6.09. The van der Waals surface area contributed by atoms with Gasteiger partial charge in [0, 0.05) is 7.05 Å². The summed E-state index contributed by atoms with van der Waals surface area (Å²) in [7, 11) is 1.65. The highest BCUT2D eigenvalue weighted by Crippen LogP contribution is 2.26. The fourth-order valence-corrected chi connectivity index (χ4v) is 1.55. The molecule has 1 aliphatic heterocycles. The minimum absolute atomic E-state index is 0.0857. The Morgan fingerprint density at radius 2 is 2.00 bits per heavy atom. The summed E-state index contributed by atoms with van der Waals surface area (Å²) in [6, 6.07) is 0. The van der Waals surface area contributed by atoms with Crippen LogP contribution in [0.3, 0.4) is 0 Å². The molecule has 5 nitrogen and oxygen atoms in total. The van der Waals surface area contributed by atoms with E-state index in [4.69, 9.17) is 0 Å². The number of fused-ring (bicyclic) bond motifs is 1. The van der Waals surface area contributed by atoms with Crippen molar-refractivity contribution in [1.82, 2.24) is 9.78 Å². The van der Waals surface area contributed by atoms with Crippen molar-refractivity contribution in [3.8, 4) is 0 Å². The Morgan fingerprint density at radius 1 is 1.38 bits per heavy atom. The molecule has 0 aliphatic carbocycles. The van der Waals surface area contributed by atoms with Gasteiger partial charge >= 0.3 is 0 Å². The molecule has 1 aliphatic rings. The van der Waals surface area contributed by atoms with Gasteiger partial charge in [0.05, 0.1) is 17.5 Å². The van der Waals surface area contributed by atoms with Crippen LogP contribution in [0.25, 0.3) is 0 Å². The van der Waals surface area contributed by atoms with Crippen LogP contribution in [0.4, 0.5) is 11.4 Å². The molecular weight excluding hydrogens is 168 g/mol. The van der Waals surface area contributed by atoms with Crippen LogP contribution in [0.5, 0.6) is 0 Å². The summed E-state index contributed by atoms with van der Waals surface area (Å²) in [5.41, 5.74) is 2.21. The third-order valence-corrected chi connectivity index (χ3v) is 2.14. The quantitative estimate of drug-likeness (QED) is 0.601. The van der Waals surface area contributed by atoms with Crippen molar-refractivity contribution >= 4 is 11.4 Å². The molecule has 1 aromatic heterocycles. The van der Waals surface area contributed by atoms with Crippen molar-refractivity contribution in [3.05, 3.63) is 16.0 Å². The Kier molecular flexibility index (Phi) is 1.55. The van der Waals surface area contributed by atoms with Gasteiger partial charge in [-0.05, 0) is 13.8 Å². The van der Waals surface area contributed by atoms with Gasteiger partial charge < -0.3 is 10.6 Å². The molecule has 0 saturated heterocycles. The summed E-state index contributed by atoms with van der Waals surface area (Å²) >= 11 is 0. The number of anilines is 2. The highest BCUT2D eigenvalue weighted by molar-refractivity contribution is 5.74. The number of rotatable bonds is 0. The van der Waals surface area contributed by atoms with Gasteiger partial charge in [0.2, 0.25) is 0 Å². The van der Waals surface area contributed by atoms with E-state index in [1.807, 2.05) is 13.8 Å². The van der Waals surface area contributed by atoms with E-state index < -0.39 is 0 Å². The van der Waals surface area contributed by atoms with Crippen molar-refractivity contribution in [2.24, 2.45) is 7.05 Å². The molecule has 2 N–H and O–H groups in total. The summed E-state index contributed by atoms with van der Waals surface area (Å²) < 4.78 is 1.35. The molecule has 0 spiro atoms. The SMILES string of the molecule is Cc1nn(C)c(=O)c2c1NC(C)N2. The van der Waals surface area contributed by atoms with Crippen LogP contribution in [0.15, 0.2) is 4.79 Å². The van der Waals surface area contributed by atoms with Gasteiger partial charge in [0.25, 0.3) is 5.56 Å². The smallest absolute Gasteiger partial charge is 0.292 e. The zero-order valence-corrected chi connectivity index (χ0v) is 7.88. The maximum absolute atomic E-state index is 11.6. The first-order valence-electron chi connectivity index (χ1n) is 4.20. The van der Waals surface area contributed by atoms with Crippen LogP contribution in [0.2, 0.25) is 0 Å². The molecule has 0 radical (unpaired) electrons. The minimum Gasteiger partial charge on any atom is -0.362 e. The second-order valence-corrected chi connectivity index (χ2v) is 3.27. The molecule has 13 heavy (non-hydrogen) atoms. The molecule has 2 heterocycles. The maximum atomic E-state index is 11.6.